The SMILES string of the molecule is CC(C)CCS(=O)(=O)N1CC2CCCC2C1C(=O)O. The number of carboxylic acids is 1. The summed E-state index contributed by atoms with van der Waals surface area (Å²) < 4.78 is 26.0. The van der Waals surface area contributed by atoms with Gasteiger partial charge in [-0.1, -0.05) is 20.3 Å². The van der Waals surface area contributed by atoms with Crippen molar-refractivity contribution < 1.29 is 18.3 Å². The molecule has 1 N–H and O–H groups in total. The van der Waals surface area contributed by atoms with Gasteiger partial charge in [-0.15, -0.1) is 0 Å². The lowest BCUT2D eigenvalue weighted by Gasteiger charge is -2.24. The molecule has 0 bridgehead atoms. The van der Waals surface area contributed by atoms with Crippen LogP contribution >= 0.6 is 0 Å². The molecule has 2 aliphatic rings. The molecule has 1 aliphatic carbocycles. The Labute approximate surface area is 115 Å². The van der Waals surface area contributed by atoms with Crippen LogP contribution in [0.4, 0.5) is 0 Å². The summed E-state index contributed by atoms with van der Waals surface area (Å²) in [6.07, 6.45) is 3.42. The minimum Gasteiger partial charge on any atom is -0.480 e. The Hall–Kier alpha value is -0.620. The van der Waals surface area contributed by atoms with Crippen LogP contribution in [0.25, 0.3) is 0 Å². The van der Waals surface area contributed by atoms with Gasteiger partial charge in [0.25, 0.3) is 0 Å². The van der Waals surface area contributed by atoms with Crippen molar-refractivity contribution in [2.45, 2.75) is 45.6 Å². The molecule has 1 aliphatic heterocycles. The average Bonchev–Trinajstić information content (AvgIpc) is 2.84. The molecule has 19 heavy (non-hydrogen) atoms. The second-order valence-corrected chi connectivity index (χ2v) is 8.25. The van der Waals surface area contributed by atoms with E-state index in [-0.39, 0.29) is 17.6 Å². The Balaban J connectivity index is 2.16. The minimum atomic E-state index is -3.44. The van der Waals surface area contributed by atoms with E-state index in [2.05, 4.69) is 0 Å². The number of hydrogen-bond donors (Lipinski definition) is 1. The Kier molecular flexibility index (Phi) is 4.20. The molecule has 0 aromatic heterocycles. The van der Waals surface area contributed by atoms with Crippen molar-refractivity contribution in [1.29, 1.82) is 0 Å². The number of aliphatic carboxylic acids is 1. The Morgan fingerprint density at radius 1 is 1.37 bits per heavy atom. The van der Waals surface area contributed by atoms with Gasteiger partial charge in [-0.05, 0) is 37.0 Å². The van der Waals surface area contributed by atoms with Gasteiger partial charge in [0.2, 0.25) is 10.0 Å². The smallest absolute Gasteiger partial charge is 0.322 e. The van der Waals surface area contributed by atoms with Crippen LogP contribution in [-0.2, 0) is 14.8 Å². The molecule has 3 unspecified atom stereocenters. The molecular weight excluding hydrogens is 266 g/mol. The standard InChI is InChI=1S/C13H23NO4S/c1-9(2)6-7-19(17,18)14-8-10-4-3-5-11(10)12(14)13(15)16/h9-12H,3-8H2,1-2H3,(H,15,16). The molecule has 2 fully saturated rings. The lowest BCUT2D eigenvalue weighted by molar-refractivity contribution is -0.142. The molecule has 3 atom stereocenters. The highest BCUT2D eigenvalue weighted by atomic mass is 32.2. The first-order valence-corrected chi connectivity index (χ1v) is 8.66. The van der Waals surface area contributed by atoms with Gasteiger partial charge in [0.05, 0.1) is 5.75 Å². The molecular formula is C13H23NO4S. The van der Waals surface area contributed by atoms with Crippen molar-refractivity contribution >= 4 is 16.0 Å². The highest BCUT2D eigenvalue weighted by molar-refractivity contribution is 7.89. The highest BCUT2D eigenvalue weighted by Gasteiger charge is 2.51. The van der Waals surface area contributed by atoms with Crippen molar-refractivity contribution in [2.75, 3.05) is 12.3 Å². The van der Waals surface area contributed by atoms with Gasteiger partial charge < -0.3 is 5.11 Å². The average molecular weight is 289 g/mol. The van der Waals surface area contributed by atoms with Gasteiger partial charge in [-0.2, -0.15) is 4.31 Å². The largest absolute Gasteiger partial charge is 0.480 e. The molecule has 5 nitrogen and oxygen atoms in total. The molecule has 6 heteroatoms. The Morgan fingerprint density at radius 3 is 2.63 bits per heavy atom. The Bertz CT molecular complexity index is 446. The molecule has 0 aromatic carbocycles. The monoisotopic (exact) mass is 289 g/mol. The van der Waals surface area contributed by atoms with E-state index >= 15 is 0 Å². The summed E-state index contributed by atoms with van der Waals surface area (Å²) in [6.45, 7) is 4.36. The van der Waals surface area contributed by atoms with E-state index in [0.717, 1.165) is 19.3 Å². The molecule has 0 spiro atoms. The number of hydrogen-bond acceptors (Lipinski definition) is 3. The van der Waals surface area contributed by atoms with Crippen molar-refractivity contribution in [3.8, 4) is 0 Å². The second kappa shape index (κ2) is 5.40. The van der Waals surface area contributed by atoms with E-state index in [1.807, 2.05) is 13.8 Å². The molecule has 110 valence electrons. The molecule has 1 heterocycles. The first kappa shape index (κ1) is 14.8. The van der Waals surface area contributed by atoms with Crippen molar-refractivity contribution in [1.82, 2.24) is 4.31 Å². The lowest BCUT2D eigenvalue weighted by Crippen LogP contribution is -2.44. The predicted molar refractivity (Wildman–Crippen MR) is 72.2 cm³/mol. The third-order valence-corrected chi connectivity index (χ3v) is 6.25. The molecule has 0 aromatic rings. The van der Waals surface area contributed by atoms with Gasteiger partial charge in [0.1, 0.15) is 6.04 Å². The van der Waals surface area contributed by atoms with Crippen LogP contribution in [0.2, 0.25) is 0 Å². The van der Waals surface area contributed by atoms with E-state index in [1.165, 1.54) is 4.31 Å². The zero-order valence-corrected chi connectivity index (χ0v) is 12.4. The van der Waals surface area contributed by atoms with Gasteiger partial charge in [0, 0.05) is 6.54 Å². The summed E-state index contributed by atoms with van der Waals surface area (Å²) in [5.74, 6) is -0.350. The number of carbonyl (C=O) groups is 1. The fraction of sp³-hybridized carbons (Fsp3) is 0.923. The summed E-state index contributed by atoms with van der Waals surface area (Å²) in [5.41, 5.74) is 0. The van der Waals surface area contributed by atoms with E-state index in [0.29, 0.717) is 18.9 Å². The summed E-state index contributed by atoms with van der Waals surface area (Å²) >= 11 is 0. The summed E-state index contributed by atoms with van der Waals surface area (Å²) in [6, 6.07) is -0.829. The van der Waals surface area contributed by atoms with Crippen LogP contribution in [0.5, 0.6) is 0 Å². The summed E-state index contributed by atoms with van der Waals surface area (Å²) in [5, 5.41) is 9.37. The normalized spacial score (nSPS) is 31.8. The van der Waals surface area contributed by atoms with Crippen LogP contribution in [0.1, 0.15) is 39.5 Å². The summed E-state index contributed by atoms with van der Waals surface area (Å²) in [4.78, 5) is 11.4. The van der Waals surface area contributed by atoms with Crippen LogP contribution in [-0.4, -0.2) is 42.1 Å². The summed E-state index contributed by atoms with van der Waals surface area (Å²) in [7, 11) is -3.44. The van der Waals surface area contributed by atoms with Crippen molar-refractivity contribution in [3.63, 3.8) is 0 Å². The maximum absolute atomic E-state index is 12.3. The number of carboxylic acid groups (broad SMARTS) is 1. The van der Waals surface area contributed by atoms with Crippen LogP contribution in [0.3, 0.4) is 0 Å². The quantitative estimate of drug-likeness (QED) is 0.833. The highest BCUT2D eigenvalue weighted by Crippen LogP contribution is 2.43. The number of nitrogens with zero attached hydrogens (tertiary/aromatic N) is 1. The number of rotatable bonds is 5. The zero-order chi connectivity index (χ0) is 14.2. The lowest BCUT2D eigenvalue weighted by atomic mass is 9.94. The predicted octanol–water partition coefficient (Wildman–Crippen LogP) is 1.55. The van der Waals surface area contributed by atoms with E-state index < -0.39 is 22.0 Å². The first-order valence-electron chi connectivity index (χ1n) is 7.05. The maximum Gasteiger partial charge on any atom is 0.322 e. The van der Waals surface area contributed by atoms with Gasteiger partial charge >= 0.3 is 5.97 Å². The number of fused-ring (bicyclic) bond motifs is 1. The van der Waals surface area contributed by atoms with E-state index in [9.17, 15) is 18.3 Å². The van der Waals surface area contributed by atoms with E-state index in [4.69, 9.17) is 0 Å². The molecule has 1 saturated heterocycles. The van der Waals surface area contributed by atoms with Gasteiger partial charge in [-0.3, -0.25) is 4.79 Å². The molecule has 2 rings (SSSR count). The fourth-order valence-electron chi connectivity index (χ4n) is 3.36. The molecule has 1 saturated carbocycles. The van der Waals surface area contributed by atoms with Gasteiger partial charge in [-0.25, -0.2) is 8.42 Å². The molecule has 0 amide bonds. The van der Waals surface area contributed by atoms with Crippen LogP contribution in [0, 0.1) is 17.8 Å². The van der Waals surface area contributed by atoms with E-state index in [1.54, 1.807) is 0 Å². The minimum absolute atomic E-state index is 0.0197. The Morgan fingerprint density at radius 2 is 2.05 bits per heavy atom. The van der Waals surface area contributed by atoms with Crippen molar-refractivity contribution in [2.24, 2.45) is 17.8 Å². The van der Waals surface area contributed by atoms with Gasteiger partial charge in [0.15, 0.2) is 0 Å². The third kappa shape index (κ3) is 2.94. The topological polar surface area (TPSA) is 74.7 Å². The first-order chi connectivity index (χ1) is 8.83. The molecule has 0 radical (unpaired) electrons. The maximum atomic E-state index is 12.3. The fourth-order valence-corrected chi connectivity index (χ4v) is 5.38. The van der Waals surface area contributed by atoms with Crippen LogP contribution in [0.15, 0.2) is 0 Å². The zero-order valence-electron chi connectivity index (χ0n) is 11.6. The third-order valence-electron chi connectivity index (χ3n) is 4.41. The number of sulfonamides is 1. The van der Waals surface area contributed by atoms with Crippen LogP contribution < -0.4 is 0 Å². The van der Waals surface area contributed by atoms with Crippen molar-refractivity contribution in [3.05, 3.63) is 0 Å². The second-order valence-electron chi connectivity index (χ2n) is 6.21.